The molecule has 0 aliphatic carbocycles. The van der Waals surface area contributed by atoms with Crippen LogP contribution >= 0.6 is 46.6 Å². The summed E-state index contributed by atoms with van der Waals surface area (Å²) in [5.74, 6) is 0. The summed E-state index contributed by atoms with van der Waals surface area (Å²) in [4.78, 5) is 6.58. The molecule has 7 aromatic carbocycles. The molecule has 6 heteroatoms. The summed E-state index contributed by atoms with van der Waals surface area (Å²) in [5.41, 5.74) is 3.89. The van der Waals surface area contributed by atoms with Crippen LogP contribution in [0.1, 0.15) is 32.6 Å². The lowest BCUT2D eigenvalue weighted by molar-refractivity contribution is 0.698. The van der Waals surface area contributed by atoms with Gasteiger partial charge in [-0.1, -0.05) is 170 Å². The molecule has 0 amide bonds. The third-order valence-electron chi connectivity index (χ3n) is 9.80. The fourth-order valence-corrected chi connectivity index (χ4v) is 10.4. The van der Waals surface area contributed by atoms with E-state index in [0.717, 1.165) is 21.4 Å². The first-order valence-electron chi connectivity index (χ1n) is 18.6. The van der Waals surface area contributed by atoms with Crippen molar-refractivity contribution in [2.24, 2.45) is 0 Å². The quantitative estimate of drug-likeness (QED) is 0.0636. The van der Waals surface area contributed by atoms with E-state index in [1.54, 1.807) is 11.8 Å². The van der Waals surface area contributed by atoms with Crippen LogP contribution in [0.15, 0.2) is 213 Å². The molecular weight excluding hydrogens is 758 g/mol. The Balaban J connectivity index is 0.000000185. The molecule has 0 spiro atoms. The van der Waals surface area contributed by atoms with Crippen LogP contribution in [0, 0.1) is 0 Å². The van der Waals surface area contributed by atoms with Crippen LogP contribution in [0.2, 0.25) is 21.4 Å². The molecule has 0 unspecified atom stereocenters. The largest absolute Gasteiger partial charge is 0.200 e. The lowest BCUT2D eigenvalue weighted by Crippen LogP contribution is -2.66. The number of benzene rings is 7. The first-order valence-corrected chi connectivity index (χ1v) is 21.8. The Morgan fingerprint density at radius 3 is 1.19 bits per heavy atom. The molecular formula is C48H44BCl3S2. The van der Waals surface area contributed by atoms with Crippen molar-refractivity contribution in [3.63, 3.8) is 0 Å². The van der Waals surface area contributed by atoms with Crippen LogP contribution in [0.5, 0.6) is 0 Å². The monoisotopic (exact) mass is 800 g/mol. The van der Waals surface area contributed by atoms with E-state index in [0.29, 0.717) is 0 Å². The maximum absolute atomic E-state index is 6.21. The molecule has 0 heterocycles. The molecule has 0 aliphatic heterocycles. The van der Waals surface area contributed by atoms with Gasteiger partial charge in [-0.25, -0.2) is 0 Å². The van der Waals surface area contributed by atoms with Gasteiger partial charge in [-0.3, -0.25) is 0 Å². The molecule has 0 radical (unpaired) electrons. The topological polar surface area (TPSA) is 0 Å². The molecule has 0 saturated carbocycles. The molecule has 0 atom stereocenters. The van der Waals surface area contributed by atoms with E-state index in [9.17, 15) is 0 Å². The highest BCUT2D eigenvalue weighted by molar-refractivity contribution is 7.99. The molecule has 0 saturated heterocycles. The second-order valence-corrected chi connectivity index (χ2v) is 17.9. The highest BCUT2D eigenvalue weighted by Crippen LogP contribution is 2.34. The minimum atomic E-state index is -1.15. The maximum atomic E-state index is 6.21. The van der Waals surface area contributed by atoms with Crippen molar-refractivity contribution >= 4 is 80.0 Å². The van der Waals surface area contributed by atoms with Crippen molar-refractivity contribution < 1.29 is 0 Å². The van der Waals surface area contributed by atoms with E-state index in [1.807, 2.05) is 36.4 Å². The van der Waals surface area contributed by atoms with E-state index in [2.05, 4.69) is 159 Å². The first kappa shape index (κ1) is 39.9. The normalized spacial score (nSPS) is 11.2. The molecule has 0 aromatic heterocycles. The molecule has 0 fully saturated rings. The van der Waals surface area contributed by atoms with Crippen LogP contribution in [-0.2, 0) is 10.9 Å². The lowest BCUT2D eigenvalue weighted by atomic mass is 9.14. The van der Waals surface area contributed by atoms with Gasteiger partial charge < -0.3 is 0 Å². The number of hydrogen-bond acceptors (Lipinski definition) is 1. The summed E-state index contributed by atoms with van der Waals surface area (Å²) in [6.45, 7) is 2.25. The van der Waals surface area contributed by atoms with Gasteiger partial charge in [0.05, 0.1) is 17.0 Å². The van der Waals surface area contributed by atoms with Crippen molar-refractivity contribution in [3.05, 3.63) is 203 Å². The molecule has 7 aromatic rings. The summed E-state index contributed by atoms with van der Waals surface area (Å²) >= 11 is 20.4. The third-order valence-corrected chi connectivity index (χ3v) is 13.8. The number of unbranched alkanes of at least 4 members (excludes halogenated alkanes) is 3. The summed E-state index contributed by atoms with van der Waals surface area (Å²) in [7, 11) is -0.0786. The lowest BCUT2D eigenvalue weighted by Gasteiger charge is -2.43. The van der Waals surface area contributed by atoms with E-state index in [4.69, 9.17) is 34.8 Å². The first-order chi connectivity index (χ1) is 26.5. The molecule has 0 nitrogen and oxygen atoms in total. The van der Waals surface area contributed by atoms with Crippen molar-refractivity contribution in [1.82, 2.24) is 0 Å². The van der Waals surface area contributed by atoms with Gasteiger partial charge >= 0.3 is 0 Å². The smallest absolute Gasteiger partial charge is 0.166 e. The fourth-order valence-electron chi connectivity index (χ4n) is 7.12. The van der Waals surface area contributed by atoms with Crippen LogP contribution in [0.3, 0.4) is 0 Å². The Bertz CT molecular complexity index is 1980. The van der Waals surface area contributed by atoms with Gasteiger partial charge in [0.2, 0.25) is 0 Å². The average molecular weight is 802 g/mol. The van der Waals surface area contributed by atoms with E-state index < -0.39 is 6.15 Å². The molecule has 54 heavy (non-hydrogen) atoms. The molecule has 0 bridgehead atoms. The number of rotatable bonds is 13. The molecule has 0 N–H and O–H groups in total. The van der Waals surface area contributed by atoms with Crippen molar-refractivity contribution in [1.29, 1.82) is 0 Å². The third kappa shape index (κ3) is 10.5. The summed E-state index contributed by atoms with van der Waals surface area (Å²) in [6.07, 6.45) is 4.81. The van der Waals surface area contributed by atoms with Gasteiger partial charge in [0, 0.05) is 24.9 Å². The van der Waals surface area contributed by atoms with E-state index >= 15 is 0 Å². The molecule has 272 valence electrons. The van der Waals surface area contributed by atoms with Gasteiger partial charge in [-0.2, -0.15) is 22.7 Å². The van der Waals surface area contributed by atoms with Crippen LogP contribution < -0.4 is 16.4 Å². The number of halogens is 3. The summed E-state index contributed by atoms with van der Waals surface area (Å²) in [5, 5.41) is 2.27. The predicted molar refractivity (Wildman–Crippen MR) is 240 cm³/mol. The second kappa shape index (κ2) is 20.2. The Hall–Kier alpha value is -3.83. The van der Waals surface area contributed by atoms with Gasteiger partial charge in [0.25, 0.3) is 0 Å². The van der Waals surface area contributed by atoms with Crippen molar-refractivity contribution in [2.45, 2.75) is 63.4 Å². The van der Waals surface area contributed by atoms with Crippen LogP contribution in [0.25, 0.3) is 0 Å². The van der Waals surface area contributed by atoms with Gasteiger partial charge in [0.1, 0.15) is 0 Å². The predicted octanol–water partition coefficient (Wildman–Crippen LogP) is 13.6. The van der Waals surface area contributed by atoms with Crippen LogP contribution in [-0.4, -0.2) is 6.15 Å². The van der Waals surface area contributed by atoms with Crippen LogP contribution in [0.4, 0.5) is 0 Å². The highest BCUT2D eigenvalue weighted by atomic mass is 35.5. The minimum Gasteiger partial charge on any atom is -0.200 e. The average Bonchev–Trinajstić information content (AvgIpc) is 3.22. The van der Waals surface area contributed by atoms with E-state index in [-0.39, 0.29) is 10.9 Å². The summed E-state index contributed by atoms with van der Waals surface area (Å²) in [6, 6.07) is 66.1. The maximum Gasteiger partial charge on any atom is 0.166 e. The highest BCUT2D eigenvalue weighted by Gasteiger charge is 2.30. The van der Waals surface area contributed by atoms with Gasteiger partial charge in [-0.15, -0.1) is 0 Å². The Kier molecular flexibility index (Phi) is 14.9. The van der Waals surface area contributed by atoms with Crippen molar-refractivity contribution in [2.75, 3.05) is 0 Å². The minimum absolute atomic E-state index is 0.0786. The zero-order chi connectivity index (χ0) is 37.6. The SMILES string of the molecule is CCCCCC[B-](c1ccc(Cl)cc1)(c1ccc(Cl)cc1)c1ccc(Cl)cc1.c1ccc(Sc2ccc([S+](c3ccccc3)c3ccccc3)cc2)cc1. The van der Waals surface area contributed by atoms with Gasteiger partial charge in [0.15, 0.2) is 14.7 Å². The summed E-state index contributed by atoms with van der Waals surface area (Å²) < 4.78 is 0. The van der Waals surface area contributed by atoms with Gasteiger partial charge in [-0.05, 0) is 97.1 Å². The zero-order valence-corrected chi connectivity index (χ0v) is 34.4. The second-order valence-electron chi connectivity index (χ2n) is 13.4. The molecule has 7 rings (SSSR count). The fraction of sp³-hybridized carbons (Fsp3) is 0.125. The zero-order valence-electron chi connectivity index (χ0n) is 30.5. The number of hydrogen-bond donors (Lipinski definition) is 0. The Morgan fingerprint density at radius 1 is 0.407 bits per heavy atom. The van der Waals surface area contributed by atoms with E-state index in [1.165, 1.54) is 66.5 Å². The molecule has 0 aliphatic rings. The Morgan fingerprint density at radius 2 is 0.778 bits per heavy atom. The standard InChI is InChI=1S/C24H25BCl3.C24H19S2/c1-2-3-4-5-18-25(19-6-12-22(26)13-7-19,20-8-14-23(27)15-9-20)21-10-16-24(28)17-11-21;1-4-10-20(11-5-1)25-21-16-18-24(19-17-21)26(22-12-6-2-7-13-22)23-14-8-3-9-15-23/h6-17H,2-5,18H2,1H3;1-19H/q-1;+1. The van der Waals surface area contributed by atoms with Crippen molar-refractivity contribution in [3.8, 4) is 0 Å². The Labute approximate surface area is 344 Å².